The number of anilines is 4. The molecule has 5 aromatic rings. The monoisotopic (exact) mass is 620 g/mol. The van der Waals surface area contributed by atoms with Crippen LogP contribution in [0.2, 0.25) is 0 Å². The van der Waals surface area contributed by atoms with Gasteiger partial charge in [-0.15, -0.1) is 0 Å². The first-order chi connectivity index (χ1) is 22.2. The van der Waals surface area contributed by atoms with Crippen molar-refractivity contribution < 1.29 is 19.1 Å². The van der Waals surface area contributed by atoms with Crippen LogP contribution in [0, 0.1) is 0 Å². The number of hydrogen-bond donors (Lipinski definition) is 2. The smallest absolute Gasteiger partial charge is 0.347 e. The number of aryl methyl sites for hydroxylation is 1. The van der Waals surface area contributed by atoms with Gasteiger partial charge < -0.3 is 34.5 Å². The van der Waals surface area contributed by atoms with Crippen LogP contribution in [0.1, 0.15) is 10.4 Å². The Labute approximate surface area is 267 Å². The third kappa shape index (κ3) is 6.97. The van der Waals surface area contributed by atoms with E-state index in [2.05, 4.69) is 32.1 Å². The topological polar surface area (TPSA) is 127 Å². The molecule has 0 saturated heterocycles. The van der Waals surface area contributed by atoms with E-state index >= 15 is 0 Å². The maximum Gasteiger partial charge on any atom is 0.347 e. The molecule has 3 heterocycles. The predicted octanol–water partition coefficient (Wildman–Crippen LogP) is 5.12. The number of carbonyl (C=O) groups is 2. The SMILES string of the molecule is C=CC(=O)Nc1cc(Nc2ncc(C(=O)Oc3cccnc3)c(-c3cn(C)c4ccccc34)n2)c(OC)cc1N(C)CCN(C)C. The Morgan fingerprint density at radius 3 is 2.57 bits per heavy atom. The molecule has 1 amide bonds. The van der Waals surface area contributed by atoms with Crippen molar-refractivity contribution in [3.63, 3.8) is 0 Å². The van der Waals surface area contributed by atoms with Gasteiger partial charge in [-0.25, -0.2) is 14.8 Å². The molecule has 46 heavy (non-hydrogen) atoms. The molecule has 5 rings (SSSR count). The molecular formula is C34H36N8O4. The zero-order valence-electron chi connectivity index (χ0n) is 26.4. The molecule has 0 aliphatic heterocycles. The van der Waals surface area contributed by atoms with Crippen LogP contribution in [0.4, 0.5) is 23.0 Å². The van der Waals surface area contributed by atoms with Crippen molar-refractivity contribution in [2.45, 2.75) is 0 Å². The number of nitrogens with one attached hydrogen (secondary N) is 2. The van der Waals surface area contributed by atoms with Crippen LogP contribution in [0.5, 0.6) is 11.5 Å². The molecule has 0 unspecified atom stereocenters. The molecule has 0 atom stereocenters. The Bertz CT molecular complexity index is 1890. The molecule has 12 heteroatoms. The average Bonchev–Trinajstić information content (AvgIpc) is 3.40. The molecule has 3 aromatic heterocycles. The Hall–Kier alpha value is -5.75. The highest BCUT2D eigenvalue weighted by molar-refractivity contribution is 6.04. The van der Waals surface area contributed by atoms with Crippen molar-refractivity contribution in [1.29, 1.82) is 0 Å². The Balaban J connectivity index is 1.59. The summed E-state index contributed by atoms with van der Waals surface area (Å²) >= 11 is 0. The number of ether oxygens (including phenoxy) is 2. The molecule has 0 aliphatic carbocycles. The number of likely N-dealkylation sites (N-methyl/N-ethyl adjacent to an activating group) is 2. The summed E-state index contributed by atoms with van der Waals surface area (Å²) in [4.78, 5) is 43.3. The van der Waals surface area contributed by atoms with Gasteiger partial charge in [-0.05, 0) is 44.4 Å². The van der Waals surface area contributed by atoms with E-state index in [0.717, 1.165) is 28.7 Å². The first-order valence-electron chi connectivity index (χ1n) is 14.5. The van der Waals surface area contributed by atoms with Gasteiger partial charge in [0, 0.05) is 68.3 Å². The summed E-state index contributed by atoms with van der Waals surface area (Å²) in [7, 11) is 9.43. The van der Waals surface area contributed by atoms with Gasteiger partial charge in [-0.3, -0.25) is 9.78 Å². The molecule has 2 aromatic carbocycles. The maximum atomic E-state index is 13.5. The van der Waals surface area contributed by atoms with E-state index in [4.69, 9.17) is 14.5 Å². The maximum absolute atomic E-state index is 13.5. The minimum absolute atomic E-state index is 0.175. The van der Waals surface area contributed by atoms with Gasteiger partial charge in [0.1, 0.15) is 17.1 Å². The first kappa shape index (κ1) is 31.7. The normalized spacial score (nSPS) is 10.9. The van der Waals surface area contributed by atoms with Crippen LogP contribution in [0.3, 0.4) is 0 Å². The second-order valence-corrected chi connectivity index (χ2v) is 10.8. The highest BCUT2D eigenvalue weighted by Crippen LogP contribution is 2.39. The molecule has 0 bridgehead atoms. The van der Waals surface area contributed by atoms with Gasteiger partial charge in [0.25, 0.3) is 0 Å². The van der Waals surface area contributed by atoms with Crippen molar-refractivity contribution in [1.82, 2.24) is 24.4 Å². The van der Waals surface area contributed by atoms with Gasteiger partial charge in [0.15, 0.2) is 0 Å². The summed E-state index contributed by atoms with van der Waals surface area (Å²) in [6, 6.07) is 14.8. The van der Waals surface area contributed by atoms with E-state index in [1.807, 2.05) is 74.2 Å². The average molecular weight is 621 g/mol. The number of rotatable bonds is 12. The molecule has 0 aliphatic rings. The van der Waals surface area contributed by atoms with Crippen LogP contribution >= 0.6 is 0 Å². The molecule has 0 fully saturated rings. The van der Waals surface area contributed by atoms with Crippen LogP contribution in [-0.4, -0.2) is 77.6 Å². The molecule has 0 saturated carbocycles. The number of aromatic nitrogens is 4. The van der Waals surface area contributed by atoms with Crippen molar-refractivity contribution in [3.8, 4) is 22.8 Å². The lowest BCUT2D eigenvalue weighted by atomic mass is 10.1. The number of esters is 1. The summed E-state index contributed by atoms with van der Waals surface area (Å²) < 4.78 is 13.3. The molecule has 0 radical (unpaired) electrons. The van der Waals surface area contributed by atoms with Crippen molar-refractivity contribution in [2.24, 2.45) is 7.05 Å². The van der Waals surface area contributed by atoms with E-state index in [1.165, 1.54) is 18.5 Å². The van der Waals surface area contributed by atoms with E-state index < -0.39 is 5.97 Å². The highest BCUT2D eigenvalue weighted by Gasteiger charge is 2.23. The second-order valence-electron chi connectivity index (χ2n) is 10.8. The van der Waals surface area contributed by atoms with Gasteiger partial charge >= 0.3 is 5.97 Å². The lowest BCUT2D eigenvalue weighted by molar-refractivity contribution is -0.111. The fraction of sp³-hybridized carbons (Fsp3) is 0.206. The first-order valence-corrected chi connectivity index (χ1v) is 14.5. The number of amides is 1. The van der Waals surface area contributed by atoms with E-state index in [0.29, 0.717) is 35.1 Å². The third-order valence-corrected chi connectivity index (χ3v) is 7.31. The standard InChI is InChI=1S/C34H36N8O4/c1-7-31(43)37-26-17-27(30(45-6)18-29(26)41(4)16-15-40(2)3)38-34-36-20-24(33(44)46-22-11-10-14-35-19-22)32(39-34)25-21-42(5)28-13-9-8-12-23(25)28/h7-14,17-21H,1,15-16H2,2-6H3,(H,37,43)(H,36,38,39). The van der Waals surface area contributed by atoms with Gasteiger partial charge in [-0.2, -0.15) is 0 Å². The predicted molar refractivity (Wildman–Crippen MR) is 180 cm³/mol. The van der Waals surface area contributed by atoms with Gasteiger partial charge in [0.2, 0.25) is 11.9 Å². The number of benzene rings is 2. The zero-order valence-corrected chi connectivity index (χ0v) is 26.4. The summed E-state index contributed by atoms with van der Waals surface area (Å²) in [5.74, 6) is 0.0181. The fourth-order valence-corrected chi connectivity index (χ4v) is 4.92. The molecule has 0 spiro atoms. The third-order valence-electron chi connectivity index (χ3n) is 7.31. The molecular weight excluding hydrogens is 584 g/mol. The number of fused-ring (bicyclic) bond motifs is 1. The number of para-hydroxylation sites is 1. The van der Waals surface area contributed by atoms with Crippen molar-refractivity contribution in [3.05, 3.63) is 91.5 Å². The van der Waals surface area contributed by atoms with Crippen molar-refractivity contribution >= 4 is 45.8 Å². The number of nitrogens with zero attached hydrogens (tertiary/aromatic N) is 6. The lowest BCUT2D eigenvalue weighted by Crippen LogP contribution is -2.29. The minimum Gasteiger partial charge on any atom is -0.494 e. The fourth-order valence-electron chi connectivity index (χ4n) is 4.92. The van der Waals surface area contributed by atoms with Gasteiger partial charge in [-0.1, -0.05) is 24.8 Å². The van der Waals surface area contributed by atoms with Crippen LogP contribution in [0.25, 0.3) is 22.2 Å². The highest BCUT2D eigenvalue weighted by atomic mass is 16.5. The summed E-state index contributed by atoms with van der Waals surface area (Å²) in [5.41, 5.74) is 4.05. The van der Waals surface area contributed by atoms with Gasteiger partial charge in [0.05, 0.1) is 36.1 Å². The van der Waals surface area contributed by atoms with E-state index in [1.54, 1.807) is 31.5 Å². The summed E-state index contributed by atoms with van der Waals surface area (Å²) in [5, 5.41) is 7.03. The number of pyridine rings is 1. The Kier molecular flexibility index (Phi) is 9.58. The lowest BCUT2D eigenvalue weighted by Gasteiger charge is -2.26. The quantitative estimate of drug-likeness (QED) is 0.143. The summed E-state index contributed by atoms with van der Waals surface area (Å²) in [6.07, 6.45) is 7.62. The van der Waals surface area contributed by atoms with Crippen molar-refractivity contribution in [2.75, 3.05) is 56.9 Å². The summed E-state index contributed by atoms with van der Waals surface area (Å²) in [6.45, 7) is 5.09. The minimum atomic E-state index is -0.625. The van der Waals surface area contributed by atoms with E-state index in [9.17, 15) is 9.59 Å². The van der Waals surface area contributed by atoms with E-state index in [-0.39, 0.29) is 17.4 Å². The largest absolute Gasteiger partial charge is 0.494 e. The zero-order chi connectivity index (χ0) is 32.8. The van der Waals surface area contributed by atoms with Crippen LogP contribution in [-0.2, 0) is 11.8 Å². The Morgan fingerprint density at radius 1 is 1.04 bits per heavy atom. The van der Waals surface area contributed by atoms with Crippen LogP contribution < -0.4 is 25.0 Å². The number of hydrogen-bond acceptors (Lipinski definition) is 10. The second kappa shape index (κ2) is 13.9. The number of carbonyl (C=O) groups excluding carboxylic acids is 2. The molecule has 2 N–H and O–H groups in total. The molecule has 12 nitrogen and oxygen atoms in total. The number of methoxy groups -OCH3 is 1. The Morgan fingerprint density at radius 2 is 1.85 bits per heavy atom. The van der Waals surface area contributed by atoms with Crippen LogP contribution in [0.15, 0.2) is 86.0 Å². The molecule has 236 valence electrons.